The van der Waals surface area contributed by atoms with Crippen molar-refractivity contribution in [3.63, 3.8) is 0 Å². The Bertz CT molecular complexity index is 268. The lowest BCUT2D eigenvalue weighted by Gasteiger charge is -2.36. The molecule has 1 saturated heterocycles. The van der Waals surface area contributed by atoms with Crippen LogP contribution < -0.4 is 5.32 Å². The zero-order chi connectivity index (χ0) is 12.4. The summed E-state index contributed by atoms with van der Waals surface area (Å²) < 4.78 is 0. The van der Waals surface area contributed by atoms with Crippen molar-refractivity contribution >= 4 is 16.9 Å². The molecule has 2 nitrogen and oxygen atoms in total. The molecule has 1 heterocycles. The van der Waals surface area contributed by atoms with Gasteiger partial charge in [0.25, 0.3) is 0 Å². The molecule has 0 aromatic heterocycles. The van der Waals surface area contributed by atoms with E-state index in [2.05, 4.69) is 46.9 Å². The summed E-state index contributed by atoms with van der Waals surface area (Å²) in [5.74, 6) is 1.19. The first-order chi connectivity index (χ1) is 7.27. The highest BCUT2D eigenvalue weighted by molar-refractivity contribution is 8.13. The number of rotatable bonds is 2. The zero-order valence-corrected chi connectivity index (χ0v) is 12.4. The van der Waals surface area contributed by atoms with E-state index >= 15 is 0 Å². The number of aliphatic imine (C=N–C) groups is 1. The van der Waals surface area contributed by atoms with Gasteiger partial charge in [-0.3, -0.25) is 4.99 Å². The van der Waals surface area contributed by atoms with E-state index in [1.807, 2.05) is 11.8 Å². The topological polar surface area (TPSA) is 24.4 Å². The van der Waals surface area contributed by atoms with Gasteiger partial charge < -0.3 is 5.32 Å². The van der Waals surface area contributed by atoms with Crippen molar-refractivity contribution in [3.05, 3.63) is 0 Å². The summed E-state index contributed by atoms with van der Waals surface area (Å²) in [6, 6.07) is 0.363. The quantitative estimate of drug-likeness (QED) is 0.799. The molecular weight excluding hydrogens is 216 g/mol. The lowest BCUT2D eigenvalue weighted by Crippen LogP contribution is -2.48. The van der Waals surface area contributed by atoms with E-state index in [-0.39, 0.29) is 11.0 Å². The standard InChI is InChI=1S/C13H26N2S/c1-7-13(6)8-9-16-11(15-13)14-10(2)12(3,4)5/h10H,7-9H2,1-6H3,(H,14,15). The normalized spacial score (nSPS) is 31.2. The van der Waals surface area contributed by atoms with Crippen LogP contribution in [-0.2, 0) is 0 Å². The average molecular weight is 242 g/mol. The lowest BCUT2D eigenvalue weighted by atomic mass is 9.88. The van der Waals surface area contributed by atoms with Crippen LogP contribution >= 0.6 is 11.8 Å². The highest BCUT2D eigenvalue weighted by Gasteiger charge is 2.29. The predicted octanol–water partition coefficient (Wildman–Crippen LogP) is 3.67. The SMILES string of the molecule is CCC1(C)CCSC(=NC(C)C(C)(C)C)N1. The number of hydrogen-bond acceptors (Lipinski definition) is 2. The Labute approximate surface area is 105 Å². The Hall–Kier alpha value is -0.180. The Kier molecular flexibility index (Phi) is 4.33. The van der Waals surface area contributed by atoms with Gasteiger partial charge in [0.2, 0.25) is 0 Å². The molecule has 1 rings (SSSR count). The average Bonchev–Trinajstić information content (AvgIpc) is 2.16. The Morgan fingerprint density at radius 2 is 2.12 bits per heavy atom. The monoisotopic (exact) mass is 242 g/mol. The lowest BCUT2D eigenvalue weighted by molar-refractivity contribution is 0.337. The van der Waals surface area contributed by atoms with Gasteiger partial charge in [-0.25, -0.2) is 0 Å². The number of thioether (sulfide) groups is 1. The smallest absolute Gasteiger partial charge is 0.157 e. The highest BCUT2D eigenvalue weighted by Crippen LogP contribution is 2.27. The van der Waals surface area contributed by atoms with E-state index in [0.717, 1.165) is 11.6 Å². The van der Waals surface area contributed by atoms with Gasteiger partial charge >= 0.3 is 0 Å². The van der Waals surface area contributed by atoms with Crippen molar-refractivity contribution in [2.24, 2.45) is 10.4 Å². The third-order valence-electron chi connectivity index (χ3n) is 3.65. The largest absolute Gasteiger partial charge is 0.360 e. The molecule has 0 saturated carbocycles. The third kappa shape index (κ3) is 3.69. The van der Waals surface area contributed by atoms with Crippen molar-refractivity contribution in [1.82, 2.24) is 5.32 Å². The van der Waals surface area contributed by atoms with Gasteiger partial charge in [0, 0.05) is 11.3 Å². The molecule has 0 aromatic carbocycles. The molecule has 0 bridgehead atoms. The first kappa shape index (κ1) is 13.9. The first-order valence-corrected chi connectivity index (χ1v) is 7.24. The van der Waals surface area contributed by atoms with Crippen molar-refractivity contribution < 1.29 is 0 Å². The molecule has 0 radical (unpaired) electrons. The maximum atomic E-state index is 4.82. The second kappa shape index (κ2) is 4.99. The number of hydrogen-bond donors (Lipinski definition) is 1. The van der Waals surface area contributed by atoms with E-state index < -0.39 is 0 Å². The molecule has 2 unspecified atom stereocenters. The van der Waals surface area contributed by atoms with Gasteiger partial charge in [-0.15, -0.1) is 0 Å². The fraction of sp³-hybridized carbons (Fsp3) is 0.923. The summed E-state index contributed by atoms with van der Waals surface area (Å²) in [7, 11) is 0. The van der Waals surface area contributed by atoms with Crippen LogP contribution in [0, 0.1) is 5.41 Å². The van der Waals surface area contributed by atoms with E-state index in [4.69, 9.17) is 4.99 Å². The minimum absolute atomic E-state index is 0.245. The van der Waals surface area contributed by atoms with Gasteiger partial charge in [-0.05, 0) is 32.1 Å². The summed E-state index contributed by atoms with van der Waals surface area (Å²) in [4.78, 5) is 4.82. The van der Waals surface area contributed by atoms with E-state index in [1.165, 1.54) is 12.2 Å². The predicted molar refractivity (Wildman–Crippen MR) is 75.3 cm³/mol. The Morgan fingerprint density at radius 3 is 2.62 bits per heavy atom. The van der Waals surface area contributed by atoms with E-state index in [0.29, 0.717) is 6.04 Å². The maximum Gasteiger partial charge on any atom is 0.157 e. The molecule has 2 atom stereocenters. The summed E-state index contributed by atoms with van der Waals surface area (Å²) in [5, 5.41) is 4.73. The second-order valence-corrected chi connectivity index (χ2v) is 7.20. The fourth-order valence-electron chi connectivity index (χ4n) is 1.43. The number of nitrogens with zero attached hydrogens (tertiary/aromatic N) is 1. The molecular formula is C13H26N2S. The molecule has 1 N–H and O–H groups in total. The zero-order valence-electron chi connectivity index (χ0n) is 11.6. The third-order valence-corrected chi connectivity index (χ3v) is 4.54. The molecule has 0 aliphatic carbocycles. The summed E-state index contributed by atoms with van der Waals surface area (Å²) in [5.41, 5.74) is 0.497. The van der Waals surface area contributed by atoms with Crippen molar-refractivity contribution in [1.29, 1.82) is 0 Å². The van der Waals surface area contributed by atoms with E-state index in [9.17, 15) is 0 Å². The van der Waals surface area contributed by atoms with Gasteiger partial charge in [0.1, 0.15) is 0 Å². The van der Waals surface area contributed by atoms with Crippen LogP contribution in [0.25, 0.3) is 0 Å². The molecule has 16 heavy (non-hydrogen) atoms. The minimum Gasteiger partial charge on any atom is -0.360 e. The van der Waals surface area contributed by atoms with Crippen molar-refractivity contribution in [2.75, 3.05) is 5.75 Å². The molecule has 1 aliphatic rings. The molecule has 0 spiro atoms. The van der Waals surface area contributed by atoms with Crippen LogP contribution in [0.2, 0.25) is 0 Å². The van der Waals surface area contributed by atoms with Crippen LogP contribution in [0.4, 0.5) is 0 Å². The number of nitrogens with one attached hydrogen (secondary N) is 1. The van der Waals surface area contributed by atoms with Crippen LogP contribution in [0.1, 0.15) is 54.4 Å². The van der Waals surface area contributed by atoms with Gasteiger partial charge in [0.05, 0.1) is 6.04 Å². The molecule has 1 aliphatic heterocycles. The van der Waals surface area contributed by atoms with Gasteiger partial charge in [-0.2, -0.15) is 0 Å². The molecule has 0 aromatic rings. The Morgan fingerprint density at radius 1 is 1.50 bits per heavy atom. The summed E-state index contributed by atoms with van der Waals surface area (Å²) in [6.45, 7) is 13.5. The van der Waals surface area contributed by atoms with Crippen LogP contribution in [-0.4, -0.2) is 22.5 Å². The highest BCUT2D eigenvalue weighted by atomic mass is 32.2. The molecule has 1 fully saturated rings. The molecule has 0 amide bonds. The minimum atomic E-state index is 0.245. The summed E-state index contributed by atoms with van der Waals surface area (Å²) in [6.07, 6.45) is 2.40. The van der Waals surface area contributed by atoms with Crippen LogP contribution in [0.15, 0.2) is 4.99 Å². The number of amidine groups is 1. The Balaban J connectivity index is 2.70. The second-order valence-electron chi connectivity index (χ2n) is 6.11. The van der Waals surface area contributed by atoms with Crippen molar-refractivity contribution in [3.8, 4) is 0 Å². The molecule has 3 heteroatoms. The van der Waals surface area contributed by atoms with Gasteiger partial charge in [-0.1, -0.05) is 39.5 Å². The van der Waals surface area contributed by atoms with Gasteiger partial charge in [0.15, 0.2) is 5.17 Å². The van der Waals surface area contributed by atoms with Crippen molar-refractivity contribution in [2.45, 2.75) is 66.0 Å². The fourth-order valence-corrected chi connectivity index (χ4v) is 2.73. The van der Waals surface area contributed by atoms with Crippen LogP contribution in [0.3, 0.4) is 0 Å². The maximum absolute atomic E-state index is 4.82. The van der Waals surface area contributed by atoms with Crippen LogP contribution in [0.5, 0.6) is 0 Å². The summed E-state index contributed by atoms with van der Waals surface area (Å²) >= 11 is 1.86. The first-order valence-electron chi connectivity index (χ1n) is 6.25. The molecule has 94 valence electrons. The van der Waals surface area contributed by atoms with E-state index in [1.54, 1.807) is 0 Å².